The highest BCUT2D eigenvalue weighted by atomic mass is 32.2. The predicted molar refractivity (Wildman–Crippen MR) is 135 cm³/mol. The number of carbonyl (C=O) groups excluding carboxylic acids is 1. The molecule has 0 unspecified atom stereocenters. The molecule has 1 aliphatic heterocycles. The number of amides is 1. The fourth-order valence-corrected chi connectivity index (χ4v) is 4.83. The second kappa shape index (κ2) is 10.8. The number of carbonyl (C=O) groups is 1. The van der Waals surface area contributed by atoms with Gasteiger partial charge >= 0.3 is 0 Å². The predicted octanol–water partition coefficient (Wildman–Crippen LogP) is 3.77. The molecule has 0 atom stereocenters. The first-order valence-corrected chi connectivity index (χ1v) is 12.5. The summed E-state index contributed by atoms with van der Waals surface area (Å²) in [6, 6.07) is 18.6. The SMILES string of the molecule is C=C\C=C(/C=C\C=C/N1C(=N)NC(c2ccccc2)(c2ccccc2)C1=O)NS(=O)(=O)CCC. The van der Waals surface area contributed by atoms with E-state index in [0.717, 1.165) is 11.1 Å². The van der Waals surface area contributed by atoms with Crippen LogP contribution in [0.1, 0.15) is 24.5 Å². The van der Waals surface area contributed by atoms with E-state index in [1.165, 1.54) is 23.3 Å². The van der Waals surface area contributed by atoms with Crippen LogP contribution in [-0.2, 0) is 20.4 Å². The molecule has 3 rings (SSSR count). The minimum atomic E-state index is -3.45. The van der Waals surface area contributed by atoms with Crippen molar-refractivity contribution in [2.45, 2.75) is 18.9 Å². The first kappa shape index (κ1) is 24.7. The molecule has 0 radical (unpaired) electrons. The third-order valence-electron chi connectivity index (χ3n) is 5.17. The Bertz CT molecular complexity index is 1190. The molecule has 2 aromatic rings. The maximum absolute atomic E-state index is 13.7. The van der Waals surface area contributed by atoms with Crippen LogP contribution in [0.25, 0.3) is 0 Å². The van der Waals surface area contributed by atoms with Crippen molar-refractivity contribution in [3.05, 3.63) is 121 Å². The number of rotatable bonds is 10. The van der Waals surface area contributed by atoms with Gasteiger partial charge in [-0.05, 0) is 35.8 Å². The van der Waals surface area contributed by atoms with Gasteiger partial charge < -0.3 is 5.32 Å². The summed E-state index contributed by atoms with van der Waals surface area (Å²) < 4.78 is 26.6. The van der Waals surface area contributed by atoms with Crippen molar-refractivity contribution in [3.8, 4) is 0 Å². The van der Waals surface area contributed by atoms with E-state index >= 15 is 0 Å². The van der Waals surface area contributed by atoms with E-state index in [1.807, 2.05) is 60.7 Å². The van der Waals surface area contributed by atoms with Crippen molar-refractivity contribution in [2.75, 3.05) is 5.75 Å². The van der Waals surface area contributed by atoms with E-state index in [-0.39, 0.29) is 17.6 Å². The third-order valence-corrected chi connectivity index (χ3v) is 6.66. The van der Waals surface area contributed by atoms with E-state index in [4.69, 9.17) is 5.41 Å². The zero-order chi connectivity index (χ0) is 24.6. The summed E-state index contributed by atoms with van der Waals surface area (Å²) in [5.41, 5.74) is 0.571. The monoisotopic (exact) mass is 476 g/mol. The molecule has 3 N–H and O–H groups in total. The molecule has 7 nitrogen and oxygen atoms in total. The Balaban J connectivity index is 1.87. The van der Waals surface area contributed by atoms with Gasteiger partial charge in [0, 0.05) is 11.9 Å². The fraction of sp³-hybridized carbons (Fsp3) is 0.154. The highest BCUT2D eigenvalue weighted by molar-refractivity contribution is 7.89. The molecule has 1 amide bonds. The summed E-state index contributed by atoms with van der Waals surface area (Å²) in [7, 11) is -3.45. The second-order valence-corrected chi connectivity index (χ2v) is 9.45. The van der Waals surface area contributed by atoms with Crippen LogP contribution in [0.3, 0.4) is 0 Å². The highest BCUT2D eigenvalue weighted by Gasteiger charge is 2.51. The van der Waals surface area contributed by atoms with Crippen LogP contribution >= 0.6 is 0 Å². The van der Waals surface area contributed by atoms with E-state index in [2.05, 4.69) is 16.6 Å². The van der Waals surface area contributed by atoms with Crippen molar-refractivity contribution >= 4 is 21.9 Å². The lowest BCUT2D eigenvalue weighted by Gasteiger charge is -2.28. The van der Waals surface area contributed by atoms with Gasteiger partial charge in [-0.15, -0.1) is 0 Å². The number of nitrogens with one attached hydrogen (secondary N) is 3. The molecule has 0 aromatic heterocycles. The number of nitrogens with zero attached hydrogens (tertiary/aromatic N) is 1. The quantitative estimate of drug-likeness (QED) is 0.454. The van der Waals surface area contributed by atoms with E-state index in [9.17, 15) is 13.2 Å². The topological polar surface area (TPSA) is 102 Å². The van der Waals surface area contributed by atoms with Gasteiger partial charge in [0.05, 0.1) is 5.75 Å². The standard InChI is InChI=1S/C26H28N4O3S/c1-3-13-23(29-34(32,33)20-4-2)18-11-12-19-30-24(31)26(28-25(30)27,21-14-7-5-8-15-21)22-16-9-6-10-17-22/h3,5-19,29H,1,4,20H2,2H3,(H2,27,28)/b18-11-,19-12-,23-13+. The molecule has 0 saturated carbocycles. The number of benzene rings is 2. The van der Waals surface area contributed by atoms with Gasteiger partial charge in [-0.25, -0.2) is 8.42 Å². The number of sulfonamides is 1. The van der Waals surface area contributed by atoms with Crippen LogP contribution in [0.4, 0.5) is 0 Å². The van der Waals surface area contributed by atoms with Crippen molar-refractivity contribution in [3.63, 3.8) is 0 Å². The number of allylic oxidation sites excluding steroid dienone is 5. The summed E-state index contributed by atoms with van der Waals surface area (Å²) >= 11 is 0. The lowest BCUT2D eigenvalue weighted by atomic mass is 9.83. The summed E-state index contributed by atoms with van der Waals surface area (Å²) in [6.07, 6.45) is 9.73. The Hall–Kier alpha value is -3.91. The number of hydrogen-bond acceptors (Lipinski definition) is 4. The molecule has 0 bridgehead atoms. The van der Waals surface area contributed by atoms with Crippen LogP contribution in [0.2, 0.25) is 0 Å². The van der Waals surface area contributed by atoms with Crippen molar-refractivity contribution in [1.29, 1.82) is 5.41 Å². The fourth-order valence-electron chi connectivity index (χ4n) is 3.69. The summed E-state index contributed by atoms with van der Waals surface area (Å²) in [6.45, 7) is 5.40. The van der Waals surface area contributed by atoms with Crippen LogP contribution < -0.4 is 10.0 Å². The summed E-state index contributed by atoms with van der Waals surface area (Å²) in [5.74, 6) is -0.366. The molecule has 0 spiro atoms. The van der Waals surface area contributed by atoms with Gasteiger partial charge in [0.1, 0.15) is 0 Å². The molecule has 176 valence electrons. The van der Waals surface area contributed by atoms with Crippen molar-refractivity contribution in [1.82, 2.24) is 14.9 Å². The Morgan fingerprint density at radius 1 is 1.09 bits per heavy atom. The van der Waals surface area contributed by atoms with Crippen LogP contribution in [0.15, 0.2) is 110 Å². The largest absolute Gasteiger partial charge is 0.334 e. The zero-order valence-electron chi connectivity index (χ0n) is 18.9. The van der Waals surface area contributed by atoms with Gasteiger partial charge in [-0.1, -0.05) is 86.3 Å². The zero-order valence-corrected chi connectivity index (χ0v) is 19.8. The second-order valence-electron chi connectivity index (χ2n) is 7.61. The van der Waals surface area contributed by atoms with E-state index < -0.39 is 15.6 Å². The van der Waals surface area contributed by atoms with Crippen LogP contribution in [0, 0.1) is 5.41 Å². The average molecular weight is 477 g/mol. The molecule has 34 heavy (non-hydrogen) atoms. The molecule has 1 heterocycles. The Kier molecular flexibility index (Phi) is 7.86. The molecule has 1 saturated heterocycles. The molecule has 8 heteroatoms. The molecule has 1 fully saturated rings. The highest BCUT2D eigenvalue weighted by Crippen LogP contribution is 2.35. The minimum Gasteiger partial charge on any atom is -0.334 e. The Labute approximate surface area is 200 Å². The van der Waals surface area contributed by atoms with Crippen molar-refractivity contribution in [2.24, 2.45) is 0 Å². The molecular formula is C26H28N4O3S. The van der Waals surface area contributed by atoms with Crippen LogP contribution in [0.5, 0.6) is 0 Å². The lowest BCUT2D eigenvalue weighted by molar-refractivity contribution is -0.128. The maximum Gasteiger partial charge on any atom is 0.268 e. The summed E-state index contributed by atoms with van der Waals surface area (Å²) in [5, 5.41) is 11.5. The Morgan fingerprint density at radius 3 is 2.21 bits per heavy atom. The smallest absolute Gasteiger partial charge is 0.268 e. The lowest BCUT2D eigenvalue weighted by Crippen LogP contribution is -2.44. The minimum absolute atomic E-state index is 0.0112. The van der Waals surface area contributed by atoms with Crippen LogP contribution in [-0.4, -0.2) is 30.9 Å². The van der Waals surface area contributed by atoms with Gasteiger partial charge in [-0.3, -0.25) is 19.8 Å². The molecule has 2 aromatic carbocycles. The molecule has 0 aliphatic carbocycles. The first-order chi connectivity index (χ1) is 16.3. The van der Waals surface area contributed by atoms with E-state index in [0.29, 0.717) is 12.1 Å². The van der Waals surface area contributed by atoms with Gasteiger partial charge in [0.2, 0.25) is 16.0 Å². The maximum atomic E-state index is 13.7. The first-order valence-electron chi connectivity index (χ1n) is 10.8. The molecular weight excluding hydrogens is 448 g/mol. The number of guanidine groups is 1. The Morgan fingerprint density at radius 2 is 1.68 bits per heavy atom. The van der Waals surface area contributed by atoms with E-state index in [1.54, 1.807) is 25.2 Å². The van der Waals surface area contributed by atoms with Crippen molar-refractivity contribution < 1.29 is 13.2 Å². The summed E-state index contributed by atoms with van der Waals surface area (Å²) in [4.78, 5) is 14.9. The number of hydrogen-bond donors (Lipinski definition) is 3. The molecule has 1 aliphatic rings. The van der Waals surface area contributed by atoms with Gasteiger partial charge in [-0.2, -0.15) is 0 Å². The van der Waals surface area contributed by atoms with Gasteiger partial charge in [0.15, 0.2) is 5.54 Å². The normalized spacial score (nSPS) is 16.3. The third kappa shape index (κ3) is 5.35. The van der Waals surface area contributed by atoms with Gasteiger partial charge in [0.25, 0.3) is 5.91 Å². The average Bonchev–Trinajstić information content (AvgIpc) is 3.08.